The summed E-state index contributed by atoms with van der Waals surface area (Å²) in [4.78, 5) is -0.304. The van der Waals surface area contributed by atoms with Crippen LogP contribution < -0.4 is 4.74 Å². The Morgan fingerprint density at radius 1 is 1.33 bits per heavy atom. The van der Waals surface area contributed by atoms with Crippen molar-refractivity contribution in [3.63, 3.8) is 0 Å². The predicted octanol–water partition coefficient (Wildman–Crippen LogP) is 3.32. The third-order valence-corrected chi connectivity index (χ3v) is 4.46. The van der Waals surface area contributed by atoms with Crippen LogP contribution >= 0.6 is 10.7 Å². The first kappa shape index (κ1) is 13.6. The molecule has 0 aliphatic heterocycles. The number of benzene rings is 1. The van der Waals surface area contributed by atoms with Crippen molar-refractivity contribution in [3.8, 4) is 5.75 Å². The van der Waals surface area contributed by atoms with Gasteiger partial charge in [-0.05, 0) is 37.0 Å². The predicted molar refractivity (Wildman–Crippen MR) is 66.9 cm³/mol. The van der Waals surface area contributed by atoms with E-state index in [-0.39, 0.29) is 10.6 Å². The molecule has 2 rings (SSSR count). The van der Waals surface area contributed by atoms with Gasteiger partial charge in [0.1, 0.15) is 16.5 Å². The van der Waals surface area contributed by atoms with Crippen LogP contribution in [0.1, 0.15) is 25.7 Å². The summed E-state index contributed by atoms with van der Waals surface area (Å²) in [6.07, 6.45) is 4.53. The Hall–Kier alpha value is -0.810. The van der Waals surface area contributed by atoms with Gasteiger partial charge in [0.2, 0.25) is 0 Å². The summed E-state index contributed by atoms with van der Waals surface area (Å²) < 4.78 is 41.2. The summed E-state index contributed by atoms with van der Waals surface area (Å²) in [5, 5.41) is 0. The molecule has 3 nitrogen and oxygen atoms in total. The molecule has 0 aromatic heterocycles. The largest absolute Gasteiger partial charge is 0.492 e. The highest BCUT2D eigenvalue weighted by Crippen LogP contribution is 2.30. The molecule has 1 aromatic carbocycles. The standard InChI is InChI=1S/C12H14ClFO3S/c13-18(15,16)12-7-10(14)5-6-11(12)17-8-9-3-1-2-4-9/h5-7,9H,1-4,8H2. The molecular formula is C12H14ClFO3S. The van der Waals surface area contributed by atoms with Crippen LogP contribution in [0.4, 0.5) is 4.39 Å². The monoisotopic (exact) mass is 292 g/mol. The number of halogens is 2. The molecule has 1 saturated carbocycles. The molecular weight excluding hydrogens is 279 g/mol. The second kappa shape index (κ2) is 5.45. The van der Waals surface area contributed by atoms with Crippen molar-refractivity contribution in [2.75, 3.05) is 6.61 Å². The van der Waals surface area contributed by atoms with E-state index in [4.69, 9.17) is 15.4 Å². The minimum absolute atomic E-state index is 0.123. The maximum Gasteiger partial charge on any atom is 0.265 e. The van der Waals surface area contributed by atoms with Gasteiger partial charge >= 0.3 is 0 Å². The van der Waals surface area contributed by atoms with E-state index in [1.807, 2.05) is 0 Å². The summed E-state index contributed by atoms with van der Waals surface area (Å²) in [5.74, 6) is -0.0818. The fourth-order valence-electron chi connectivity index (χ4n) is 2.18. The molecule has 1 aromatic rings. The lowest BCUT2D eigenvalue weighted by atomic mass is 10.1. The first-order valence-corrected chi connectivity index (χ1v) is 8.15. The molecule has 0 radical (unpaired) electrons. The van der Waals surface area contributed by atoms with Gasteiger partial charge in [-0.3, -0.25) is 0 Å². The topological polar surface area (TPSA) is 43.4 Å². The molecule has 0 bridgehead atoms. The molecule has 1 aliphatic carbocycles. The fourth-order valence-corrected chi connectivity index (χ4v) is 3.16. The average molecular weight is 293 g/mol. The molecule has 0 saturated heterocycles. The maximum atomic E-state index is 13.0. The summed E-state index contributed by atoms with van der Waals surface area (Å²) in [5.41, 5.74) is 0. The second-order valence-electron chi connectivity index (χ2n) is 4.49. The third kappa shape index (κ3) is 3.36. The van der Waals surface area contributed by atoms with Gasteiger partial charge in [0.15, 0.2) is 0 Å². The van der Waals surface area contributed by atoms with E-state index in [1.165, 1.54) is 18.9 Å². The summed E-state index contributed by atoms with van der Waals surface area (Å²) in [6, 6.07) is 3.35. The summed E-state index contributed by atoms with van der Waals surface area (Å²) in [7, 11) is 1.26. The van der Waals surface area contributed by atoms with Gasteiger partial charge < -0.3 is 4.74 Å². The normalized spacial score (nSPS) is 17.0. The minimum atomic E-state index is -3.99. The van der Waals surface area contributed by atoms with E-state index in [2.05, 4.69) is 0 Å². The highest BCUT2D eigenvalue weighted by atomic mass is 35.7. The van der Waals surface area contributed by atoms with E-state index in [0.717, 1.165) is 25.0 Å². The number of hydrogen-bond donors (Lipinski definition) is 0. The zero-order chi connectivity index (χ0) is 13.2. The first-order valence-electron chi connectivity index (χ1n) is 5.84. The van der Waals surface area contributed by atoms with Crippen LogP contribution in [0.15, 0.2) is 23.1 Å². The van der Waals surface area contributed by atoms with Crippen molar-refractivity contribution in [3.05, 3.63) is 24.0 Å². The van der Waals surface area contributed by atoms with Gasteiger partial charge in [0.05, 0.1) is 6.61 Å². The Kier molecular flexibility index (Phi) is 4.12. The molecule has 0 spiro atoms. The first-order chi connectivity index (χ1) is 8.47. The second-order valence-corrected chi connectivity index (χ2v) is 7.02. The van der Waals surface area contributed by atoms with Crippen LogP contribution in [0.3, 0.4) is 0 Å². The lowest BCUT2D eigenvalue weighted by molar-refractivity contribution is 0.246. The van der Waals surface area contributed by atoms with E-state index >= 15 is 0 Å². The zero-order valence-electron chi connectivity index (χ0n) is 9.73. The van der Waals surface area contributed by atoms with E-state index in [9.17, 15) is 12.8 Å². The van der Waals surface area contributed by atoms with E-state index < -0.39 is 14.9 Å². The number of ether oxygens (including phenoxy) is 1. The van der Waals surface area contributed by atoms with Gasteiger partial charge in [0.25, 0.3) is 9.05 Å². The Bertz CT molecular complexity index is 524. The van der Waals surface area contributed by atoms with Crippen LogP contribution in [0, 0.1) is 11.7 Å². The third-order valence-electron chi connectivity index (χ3n) is 3.12. The highest BCUT2D eigenvalue weighted by Gasteiger charge is 2.20. The van der Waals surface area contributed by atoms with Crippen LogP contribution in [-0.2, 0) is 9.05 Å². The lowest BCUT2D eigenvalue weighted by Crippen LogP contribution is -2.10. The molecule has 0 amide bonds. The van der Waals surface area contributed by atoms with Crippen molar-refractivity contribution in [1.29, 1.82) is 0 Å². The number of rotatable bonds is 4. The van der Waals surface area contributed by atoms with Crippen molar-refractivity contribution < 1.29 is 17.5 Å². The molecule has 18 heavy (non-hydrogen) atoms. The van der Waals surface area contributed by atoms with E-state index in [1.54, 1.807) is 0 Å². The SMILES string of the molecule is O=S(=O)(Cl)c1cc(F)ccc1OCC1CCCC1. The Morgan fingerprint density at radius 3 is 2.61 bits per heavy atom. The molecule has 6 heteroatoms. The maximum absolute atomic E-state index is 13.0. The molecule has 100 valence electrons. The van der Waals surface area contributed by atoms with Crippen molar-refractivity contribution in [2.24, 2.45) is 5.92 Å². The molecule has 0 atom stereocenters. The Balaban J connectivity index is 2.16. The Morgan fingerprint density at radius 2 is 2.00 bits per heavy atom. The summed E-state index contributed by atoms with van der Waals surface area (Å²) in [6.45, 7) is 0.449. The summed E-state index contributed by atoms with van der Waals surface area (Å²) >= 11 is 0. The molecule has 0 unspecified atom stereocenters. The van der Waals surface area contributed by atoms with Gasteiger partial charge in [-0.1, -0.05) is 12.8 Å². The molecule has 1 fully saturated rings. The van der Waals surface area contributed by atoms with Crippen molar-refractivity contribution in [1.82, 2.24) is 0 Å². The van der Waals surface area contributed by atoms with Gasteiger partial charge in [-0.2, -0.15) is 0 Å². The van der Waals surface area contributed by atoms with Crippen LogP contribution in [0.25, 0.3) is 0 Å². The minimum Gasteiger partial charge on any atom is -0.492 e. The van der Waals surface area contributed by atoms with Gasteiger partial charge in [0, 0.05) is 10.7 Å². The fraction of sp³-hybridized carbons (Fsp3) is 0.500. The van der Waals surface area contributed by atoms with Crippen molar-refractivity contribution >= 4 is 19.7 Å². The molecule has 0 heterocycles. The highest BCUT2D eigenvalue weighted by molar-refractivity contribution is 8.13. The van der Waals surface area contributed by atoms with E-state index in [0.29, 0.717) is 12.5 Å². The van der Waals surface area contributed by atoms with Gasteiger partial charge in [-0.15, -0.1) is 0 Å². The smallest absolute Gasteiger partial charge is 0.265 e. The number of hydrogen-bond acceptors (Lipinski definition) is 3. The van der Waals surface area contributed by atoms with Gasteiger partial charge in [-0.25, -0.2) is 12.8 Å². The van der Waals surface area contributed by atoms with Crippen molar-refractivity contribution in [2.45, 2.75) is 30.6 Å². The van der Waals surface area contributed by atoms with Crippen LogP contribution in [0.5, 0.6) is 5.75 Å². The zero-order valence-corrected chi connectivity index (χ0v) is 11.3. The lowest BCUT2D eigenvalue weighted by Gasteiger charge is -2.13. The quantitative estimate of drug-likeness (QED) is 0.800. The average Bonchev–Trinajstić information content (AvgIpc) is 2.79. The molecule has 1 aliphatic rings. The Labute approximate surface area is 110 Å². The molecule has 0 N–H and O–H groups in total. The van der Waals surface area contributed by atoms with Crippen LogP contribution in [0.2, 0.25) is 0 Å². The van der Waals surface area contributed by atoms with Crippen LogP contribution in [-0.4, -0.2) is 15.0 Å².